The van der Waals surface area contributed by atoms with Crippen molar-refractivity contribution in [1.82, 2.24) is 5.32 Å². The third-order valence-electron chi connectivity index (χ3n) is 3.59. The molecule has 0 saturated carbocycles. The number of benzene rings is 2. The Morgan fingerprint density at radius 3 is 2.11 bits per heavy atom. The zero-order valence-electron chi connectivity index (χ0n) is 11.1. The van der Waals surface area contributed by atoms with Crippen LogP contribution in [-0.4, -0.2) is 12.6 Å². The fraction of sp³-hybridized carbons (Fsp3) is 0.294. The Hall–Kier alpha value is -1.64. The minimum Gasteiger partial charge on any atom is -0.367 e. The van der Waals surface area contributed by atoms with Crippen molar-refractivity contribution < 1.29 is 4.74 Å². The van der Waals surface area contributed by atoms with Crippen LogP contribution in [-0.2, 0) is 4.74 Å². The molecule has 0 aromatic heterocycles. The van der Waals surface area contributed by atoms with Gasteiger partial charge in [-0.15, -0.1) is 0 Å². The first-order chi connectivity index (χ1) is 9.34. The van der Waals surface area contributed by atoms with Crippen LogP contribution < -0.4 is 5.32 Å². The molecule has 1 saturated heterocycles. The topological polar surface area (TPSA) is 21.3 Å². The molecule has 3 atom stereocenters. The highest BCUT2D eigenvalue weighted by Crippen LogP contribution is 2.35. The summed E-state index contributed by atoms with van der Waals surface area (Å²) in [5.74, 6) is 0. The predicted octanol–water partition coefficient (Wildman–Crippen LogP) is 3.48. The van der Waals surface area contributed by atoms with Crippen LogP contribution in [0.4, 0.5) is 0 Å². The van der Waals surface area contributed by atoms with Gasteiger partial charge in [0, 0.05) is 6.54 Å². The maximum absolute atomic E-state index is 6.18. The predicted molar refractivity (Wildman–Crippen MR) is 76.9 cm³/mol. The molecule has 2 aromatic rings. The Labute approximate surface area is 114 Å². The van der Waals surface area contributed by atoms with Crippen molar-refractivity contribution in [1.29, 1.82) is 0 Å². The van der Waals surface area contributed by atoms with E-state index in [1.807, 2.05) is 12.1 Å². The maximum Gasteiger partial charge on any atom is 0.102 e. The summed E-state index contributed by atoms with van der Waals surface area (Å²) >= 11 is 0. The quantitative estimate of drug-likeness (QED) is 0.884. The van der Waals surface area contributed by atoms with Crippen molar-refractivity contribution in [2.24, 2.45) is 0 Å². The van der Waals surface area contributed by atoms with E-state index in [9.17, 15) is 0 Å². The van der Waals surface area contributed by atoms with Crippen LogP contribution in [0.15, 0.2) is 60.7 Å². The van der Waals surface area contributed by atoms with Gasteiger partial charge in [0.05, 0.1) is 12.1 Å². The van der Waals surface area contributed by atoms with Gasteiger partial charge in [-0.2, -0.15) is 0 Å². The van der Waals surface area contributed by atoms with Gasteiger partial charge in [-0.3, -0.25) is 0 Å². The highest BCUT2D eigenvalue weighted by Gasteiger charge is 2.31. The lowest BCUT2D eigenvalue weighted by Gasteiger charge is -2.37. The van der Waals surface area contributed by atoms with E-state index in [4.69, 9.17) is 4.74 Å². The smallest absolute Gasteiger partial charge is 0.102 e. The molecule has 2 heteroatoms. The second-order valence-electron chi connectivity index (χ2n) is 5.07. The number of morpholine rings is 1. The highest BCUT2D eigenvalue weighted by atomic mass is 16.5. The number of hydrogen-bond donors (Lipinski definition) is 1. The number of nitrogens with one attached hydrogen (secondary N) is 1. The van der Waals surface area contributed by atoms with Gasteiger partial charge in [0.15, 0.2) is 0 Å². The Morgan fingerprint density at radius 1 is 0.895 bits per heavy atom. The number of hydrogen-bond acceptors (Lipinski definition) is 2. The number of ether oxygens (including phenoxy) is 1. The van der Waals surface area contributed by atoms with Gasteiger partial charge in [0.2, 0.25) is 0 Å². The van der Waals surface area contributed by atoms with Crippen LogP contribution in [0.5, 0.6) is 0 Å². The minimum absolute atomic E-state index is 0.0762. The standard InChI is InChI=1S/C17H19NO/c1-13-12-18-16(14-8-4-2-5-9-14)17(19-13)15-10-6-3-7-11-15/h2-11,13,16-18H,12H2,1H3. The van der Waals surface area contributed by atoms with Crippen molar-refractivity contribution in [3.05, 3.63) is 71.8 Å². The second-order valence-corrected chi connectivity index (χ2v) is 5.07. The molecular weight excluding hydrogens is 234 g/mol. The molecule has 1 aliphatic heterocycles. The Bertz CT molecular complexity index is 511. The molecule has 0 amide bonds. The highest BCUT2D eigenvalue weighted by molar-refractivity contribution is 5.27. The van der Waals surface area contributed by atoms with E-state index in [1.54, 1.807) is 0 Å². The minimum atomic E-state index is 0.0762. The van der Waals surface area contributed by atoms with Gasteiger partial charge in [0.25, 0.3) is 0 Å². The average Bonchev–Trinajstić information content (AvgIpc) is 2.49. The first-order valence-corrected chi connectivity index (χ1v) is 6.83. The van der Waals surface area contributed by atoms with E-state index in [0.29, 0.717) is 0 Å². The summed E-state index contributed by atoms with van der Waals surface area (Å²) in [4.78, 5) is 0. The van der Waals surface area contributed by atoms with Gasteiger partial charge >= 0.3 is 0 Å². The van der Waals surface area contributed by atoms with Crippen molar-refractivity contribution in [2.45, 2.75) is 25.2 Å². The normalized spacial score (nSPS) is 27.1. The van der Waals surface area contributed by atoms with E-state index in [0.717, 1.165) is 6.54 Å². The third kappa shape index (κ3) is 2.70. The lowest BCUT2D eigenvalue weighted by atomic mass is 9.94. The Balaban J connectivity index is 1.93. The summed E-state index contributed by atoms with van der Waals surface area (Å²) in [5, 5.41) is 3.61. The van der Waals surface area contributed by atoms with Gasteiger partial charge in [0.1, 0.15) is 6.10 Å². The molecule has 2 aromatic carbocycles. The summed E-state index contributed by atoms with van der Waals surface area (Å²) in [5.41, 5.74) is 2.51. The largest absolute Gasteiger partial charge is 0.367 e. The lowest BCUT2D eigenvalue weighted by molar-refractivity contribution is -0.0573. The molecule has 0 spiro atoms. The molecule has 1 aliphatic rings. The zero-order chi connectivity index (χ0) is 13.1. The molecule has 3 rings (SSSR count). The van der Waals surface area contributed by atoms with E-state index in [1.165, 1.54) is 11.1 Å². The summed E-state index contributed by atoms with van der Waals surface area (Å²) in [7, 11) is 0. The van der Waals surface area contributed by atoms with Crippen LogP contribution in [0, 0.1) is 0 Å². The van der Waals surface area contributed by atoms with E-state index >= 15 is 0 Å². The van der Waals surface area contributed by atoms with Crippen LogP contribution in [0.25, 0.3) is 0 Å². The van der Waals surface area contributed by atoms with E-state index in [2.05, 4.69) is 60.8 Å². The van der Waals surface area contributed by atoms with Crippen LogP contribution in [0.1, 0.15) is 30.2 Å². The molecule has 1 heterocycles. The molecule has 0 bridgehead atoms. The lowest BCUT2D eigenvalue weighted by Crippen LogP contribution is -2.41. The van der Waals surface area contributed by atoms with Crippen molar-refractivity contribution in [2.75, 3.05) is 6.54 Å². The summed E-state index contributed by atoms with van der Waals surface area (Å²) < 4.78 is 6.18. The number of rotatable bonds is 2. The second kappa shape index (κ2) is 5.55. The summed E-state index contributed by atoms with van der Waals surface area (Å²) in [6, 6.07) is 21.2. The fourth-order valence-electron chi connectivity index (χ4n) is 2.64. The summed E-state index contributed by atoms with van der Waals surface area (Å²) in [6.45, 7) is 3.01. The monoisotopic (exact) mass is 253 g/mol. The molecule has 0 radical (unpaired) electrons. The molecule has 1 fully saturated rings. The Morgan fingerprint density at radius 2 is 1.47 bits per heavy atom. The molecule has 98 valence electrons. The van der Waals surface area contributed by atoms with E-state index < -0.39 is 0 Å². The molecule has 19 heavy (non-hydrogen) atoms. The van der Waals surface area contributed by atoms with E-state index in [-0.39, 0.29) is 18.2 Å². The van der Waals surface area contributed by atoms with Crippen molar-refractivity contribution >= 4 is 0 Å². The molecule has 2 nitrogen and oxygen atoms in total. The average molecular weight is 253 g/mol. The van der Waals surface area contributed by atoms with Crippen LogP contribution in [0.2, 0.25) is 0 Å². The molecule has 0 aliphatic carbocycles. The van der Waals surface area contributed by atoms with Gasteiger partial charge in [-0.1, -0.05) is 60.7 Å². The van der Waals surface area contributed by atoms with Crippen LogP contribution in [0.3, 0.4) is 0 Å². The van der Waals surface area contributed by atoms with Crippen molar-refractivity contribution in [3.63, 3.8) is 0 Å². The first-order valence-electron chi connectivity index (χ1n) is 6.83. The molecular formula is C17H19NO. The van der Waals surface area contributed by atoms with Gasteiger partial charge < -0.3 is 10.1 Å². The fourth-order valence-corrected chi connectivity index (χ4v) is 2.64. The van der Waals surface area contributed by atoms with Gasteiger partial charge in [-0.05, 0) is 18.1 Å². The zero-order valence-corrected chi connectivity index (χ0v) is 11.1. The SMILES string of the molecule is CC1CNC(c2ccccc2)C(c2ccccc2)O1. The summed E-state index contributed by atoms with van der Waals surface area (Å²) in [6.07, 6.45) is 0.317. The van der Waals surface area contributed by atoms with Crippen molar-refractivity contribution in [3.8, 4) is 0 Å². The molecule has 1 N–H and O–H groups in total. The maximum atomic E-state index is 6.18. The first kappa shape index (κ1) is 12.4. The third-order valence-corrected chi connectivity index (χ3v) is 3.59. The Kier molecular flexibility index (Phi) is 3.62. The molecule has 3 unspecified atom stereocenters. The van der Waals surface area contributed by atoms with Crippen LogP contribution >= 0.6 is 0 Å². The van der Waals surface area contributed by atoms with Gasteiger partial charge in [-0.25, -0.2) is 0 Å².